The molecule has 0 aliphatic rings. The second-order valence-corrected chi connectivity index (χ2v) is 4.36. The zero-order valence-corrected chi connectivity index (χ0v) is 11.3. The minimum Gasteiger partial charge on any atom is -0.374 e. The van der Waals surface area contributed by atoms with Crippen molar-refractivity contribution in [3.63, 3.8) is 0 Å². The lowest BCUT2D eigenvalue weighted by atomic mass is 10.2. The quantitative estimate of drug-likeness (QED) is 0.604. The van der Waals surface area contributed by atoms with Crippen molar-refractivity contribution >= 4 is 5.91 Å². The standard InChI is InChI=1S/C12H25FN2O2/c1-5-12(16)15-8-11(13)10(4)17-7-6-14-9(2)3/h9-11,14H,5-8H2,1-4H3,(H,15,16). The van der Waals surface area contributed by atoms with Crippen LogP contribution in [0.4, 0.5) is 4.39 Å². The van der Waals surface area contributed by atoms with E-state index in [9.17, 15) is 9.18 Å². The van der Waals surface area contributed by atoms with E-state index in [0.717, 1.165) is 0 Å². The maximum Gasteiger partial charge on any atom is 0.219 e. The van der Waals surface area contributed by atoms with Crippen LogP contribution in [0.1, 0.15) is 34.1 Å². The van der Waals surface area contributed by atoms with E-state index in [1.54, 1.807) is 13.8 Å². The van der Waals surface area contributed by atoms with Crippen molar-refractivity contribution in [3.8, 4) is 0 Å². The first-order valence-corrected chi connectivity index (χ1v) is 6.23. The zero-order chi connectivity index (χ0) is 13.3. The van der Waals surface area contributed by atoms with Crippen LogP contribution in [0.15, 0.2) is 0 Å². The predicted molar refractivity (Wildman–Crippen MR) is 66.7 cm³/mol. The largest absolute Gasteiger partial charge is 0.374 e. The van der Waals surface area contributed by atoms with Crippen molar-refractivity contribution < 1.29 is 13.9 Å². The molecular formula is C12H25FN2O2. The topological polar surface area (TPSA) is 50.4 Å². The maximum atomic E-state index is 13.5. The van der Waals surface area contributed by atoms with Gasteiger partial charge < -0.3 is 15.4 Å². The molecule has 0 aromatic heterocycles. The van der Waals surface area contributed by atoms with E-state index < -0.39 is 12.3 Å². The van der Waals surface area contributed by atoms with Gasteiger partial charge in [0.25, 0.3) is 0 Å². The number of amides is 1. The van der Waals surface area contributed by atoms with Crippen molar-refractivity contribution in [1.29, 1.82) is 0 Å². The molecule has 0 aromatic carbocycles. The lowest BCUT2D eigenvalue weighted by Gasteiger charge is -2.18. The third-order valence-corrected chi connectivity index (χ3v) is 2.36. The van der Waals surface area contributed by atoms with Gasteiger partial charge in [0.1, 0.15) is 6.17 Å². The molecule has 0 bridgehead atoms. The number of halogens is 1. The first kappa shape index (κ1) is 16.3. The smallest absolute Gasteiger partial charge is 0.219 e. The van der Waals surface area contributed by atoms with Crippen LogP contribution in [0.2, 0.25) is 0 Å². The second-order valence-electron chi connectivity index (χ2n) is 4.36. The summed E-state index contributed by atoms with van der Waals surface area (Å²) in [5, 5.41) is 5.69. The highest BCUT2D eigenvalue weighted by molar-refractivity contribution is 5.75. The minimum atomic E-state index is -1.16. The summed E-state index contributed by atoms with van der Waals surface area (Å²) in [7, 11) is 0. The van der Waals surface area contributed by atoms with Crippen molar-refractivity contribution in [2.24, 2.45) is 0 Å². The second kappa shape index (κ2) is 9.36. The molecule has 0 fully saturated rings. The average Bonchev–Trinajstić information content (AvgIpc) is 2.30. The Bertz CT molecular complexity index is 213. The lowest BCUT2D eigenvalue weighted by Crippen LogP contribution is -2.37. The third-order valence-electron chi connectivity index (χ3n) is 2.36. The van der Waals surface area contributed by atoms with Gasteiger partial charge in [-0.25, -0.2) is 4.39 Å². The monoisotopic (exact) mass is 248 g/mol. The minimum absolute atomic E-state index is 0.0193. The Morgan fingerprint density at radius 2 is 2.00 bits per heavy atom. The summed E-state index contributed by atoms with van der Waals surface area (Å²) < 4.78 is 18.9. The first-order valence-electron chi connectivity index (χ1n) is 6.23. The molecule has 0 aliphatic heterocycles. The molecule has 0 aliphatic carbocycles. The molecule has 0 spiro atoms. The van der Waals surface area contributed by atoms with Crippen LogP contribution >= 0.6 is 0 Å². The van der Waals surface area contributed by atoms with Gasteiger partial charge in [-0.2, -0.15) is 0 Å². The molecule has 2 N–H and O–H groups in total. The van der Waals surface area contributed by atoms with E-state index in [1.807, 2.05) is 13.8 Å². The molecule has 5 heteroatoms. The maximum absolute atomic E-state index is 13.5. The molecule has 1 amide bonds. The van der Waals surface area contributed by atoms with Crippen molar-refractivity contribution in [2.45, 2.75) is 52.4 Å². The highest BCUT2D eigenvalue weighted by Crippen LogP contribution is 2.02. The lowest BCUT2D eigenvalue weighted by molar-refractivity contribution is -0.121. The van der Waals surface area contributed by atoms with Gasteiger partial charge in [-0.1, -0.05) is 20.8 Å². The fraction of sp³-hybridized carbons (Fsp3) is 0.917. The molecule has 0 rings (SSSR count). The van der Waals surface area contributed by atoms with Gasteiger partial charge in [0, 0.05) is 19.0 Å². The van der Waals surface area contributed by atoms with Crippen molar-refractivity contribution in [2.75, 3.05) is 19.7 Å². The number of carbonyl (C=O) groups is 1. The Morgan fingerprint density at radius 3 is 2.53 bits per heavy atom. The molecule has 2 atom stereocenters. The fourth-order valence-electron chi connectivity index (χ4n) is 1.20. The summed E-state index contributed by atoms with van der Waals surface area (Å²) in [4.78, 5) is 10.9. The van der Waals surface area contributed by atoms with Crippen molar-refractivity contribution in [3.05, 3.63) is 0 Å². The van der Waals surface area contributed by atoms with Crippen LogP contribution in [0.5, 0.6) is 0 Å². The molecule has 0 saturated heterocycles. The molecule has 4 nitrogen and oxygen atoms in total. The van der Waals surface area contributed by atoms with Crippen LogP contribution in [0.3, 0.4) is 0 Å². The molecule has 102 valence electrons. The van der Waals surface area contributed by atoms with Crippen LogP contribution in [-0.4, -0.2) is 43.9 Å². The zero-order valence-electron chi connectivity index (χ0n) is 11.3. The number of ether oxygens (including phenoxy) is 1. The molecule has 0 radical (unpaired) electrons. The summed E-state index contributed by atoms with van der Waals surface area (Å²) in [6.07, 6.45) is -1.29. The van der Waals surface area contributed by atoms with Crippen molar-refractivity contribution in [1.82, 2.24) is 10.6 Å². The third kappa shape index (κ3) is 9.06. The SMILES string of the molecule is CCC(=O)NCC(F)C(C)OCCNC(C)C. The number of hydrogen-bond acceptors (Lipinski definition) is 3. The van der Waals surface area contributed by atoms with E-state index in [0.29, 0.717) is 25.6 Å². The first-order chi connectivity index (χ1) is 7.97. The molecular weight excluding hydrogens is 223 g/mol. The van der Waals surface area contributed by atoms with Gasteiger partial charge in [-0.3, -0.25) is 4.79 Å². The molecule has 0 saturated carbocycles. The summed E-state index contributed by atoms with van der Waals surface area (Å²) in [6, 6.07) is 0.402. The summed E-state index contributed by atoms with van der Waals surface area (Å²) in [5.74, 6) is -0.138. The summed E-state index contributed by atoms with van der Waals surface area (Å²) in [5.41, 5.74) is 0. The van der Waals surface area contributed by atoms with E-state index in [1.165, 1.54) is 0 Å². The molecule has 17 heavy (non-hydrogen) atoms. The Kier molecular flexibility index (Phi) is 8.99. The number of rotatable bonds is 9. The Hall–Kier alpha value is -0.680. The molecule has 2 unspecified atom stereocenters. The van der Waals surface area contributed by atoms with Crippen LogP contribution in [-0.2, 0) is 9.53 Å². The summed E-state index contributed by atoms with van der Waals surface area (Å²) in [6.45, 7) is 8.70. The van der Waals surface area contributed by atoms with E-state index >= 15 is 0 Å². The highest BCUT2D eigenvalue weighted by atomic mass is 19.1. The normalized spacial score (nSPS) is 14.7. The van der Waals surface area contributed by atoms with Gasteiger partial charge in [0.05, 0.1) is 19.3 Å². The number of alkyl halides is 1. The average molecular weight is 248 g/mol. The van der Waals surface area contributed by atoms with E-state index in [4.69, 9.17) is 4.74 Å². The Morgan fingerprint density at radius 1 is 1.35 bits per heavy atom. The van der Waals surface area contributed by atoms with Gasteiger partial charge in [0.2, 0.25) is 5.91 Å². The number of hydrogen-bond donors (Lipinski definition) is 2. The van der Waals surface area contributed by atoms with Crippen LogP contribution in [0, 0.1) is 0 Å². The Balaban J connectivity index is 3.59. The van der Waals surface area contributed by atoms with Gasteiger partial charge in [0.15, 0.2) is 0 Å². The van der Waals surface area contributed by atoms with Gasteiger partial charge >= 0.3 is 0 Å². The Labute approximate surface area is 103 Å². The summed E-state index contributed by atoms with van der Waals surface area (Å²) >= 11 is 0. The van der Waals surface area contributed by atoms with E-state index in [2.05, 4.69) is 10.6 Å². The predicted octanol–water partition coefficient (Wildman–Crippen LogP) is 1.25. The van der Waals surface area contributed by atoms with Crippen LogP contribution < -0.4 is 10.6 Å². The van der Waals surface area contributed by atoms with Gasteiger partial charge in [-0.05, 0) is 6.92 Å². The van der Waals surface area contributed by atoms with Gasteiger partial charge in [-0.15, -0.1) is 0 Å². The molecule has 0 heterocycles. The van der Waals surface area contributed by atoms with E-state index in [-0.39, 0.29) is 12.5 Å². The molecule has 0 aromatic rings. The number of nitrogens with one attached hydrogen (secondary N) is 2. The number of carbonyl (C=O) groups excluding carboxylic acids is 1. The fourth-order valence-corrected chi connectivity index (χ4v) is 1.20. The highest BCUT2D eigenvalue weighted by Gasteiger charge is 2.17. The van der Waals surface area contributed by atoms with Crippen LogP contribution in [0.25, 0.3) is 0 Å².